The summed E-state index contributed by atoms with van der Waals surface area (Å²) in [4.78, 5) is 12.4. The van der Waals surface area contributed by atoms with Crippen LogP contribution in [0.2, 0.25) is 0 Å². The Balaban J connectivity index is 0.00000312. The van der Waals surface area contributed by atoms with E-state index in [-0.39, 0.29) is 30.1 Å². The summed E-state index contributed by atoms with van der Waals surface area (Å²) >= 11 is 0. The molecule has 0 heterocycles. The number of hydrogen-bond acceptors (Lipinski definition) is 3. The summed E-state index contributed by atoms with van der Waals surface area (Å²) in [7, 11) is 0. The fourth-order valence-corrected chi connectivity index (χ4v) is 2.32. The monoisotopic (exact) mass is 366 g/mol. The molecule has 1 amide bonds. The van der Waals surface area contributed by atoms with Crippen LogP contribution in [0.1, 0.15) is 32.4 Å². The van der Waals surface area contributed by atoms with Crippen LogP contribution in [-0.2, 0) is 4.79 Å². The number of ether oxygens (including phenoxy) is 1. The van der Waals surface area contributed by atoms with Gasteiger partial charge in [0.15, 0.2) is 0 Å². The summed E-state index contributed by atoms with van der Waals surface area (Å²) in [6, 6.07) is 13.3. The number of anilines is 1. The minimum Gasteiger partial charge on any atom is -0.491 e. The number of rotatable bonds is 6. The Morgan fingerprint density at radius 2 is 1.76 bits per heavy atom. The van der Waals surface area contributed by atoms with Gasteiger partial charge in [-0.3, -0.25) is 4.79 Å². The summed E-state index contributed by atoms with van der Waals surface area (Å²) < 4.78 is 19.5. The molecule has 0 saturated carbocycles. The van der Waals surface area contributed by atoms with Crippen LogP contribution in [0.15, 0.2) is 48.5 Å². The Morgan fingerprint density at radius 3 is 2.32 bits per heavy atom. The van der Waals surface area contributed by atoms with Crippen LogP contribution in [-0.4, -0.2) is 12.0 Å². The molecule has 0 aliphatic rings. The van der Waals surface area contributed by atoms with Crippen molar-refractivity contribution in [1.29, 1.82) is 0 Å². The number of carbonyl (C=O) groups excluding carboxylic acids is 1. The lowest BCUT2D eigenvalue weighted by molar-refractivity contribution is -0.120. The van der Waals surface area contributed by atoms with E-state index in [1.807, 2.05) is 44.2 Å². The molecular weight excluding hydrogens is 343 g/mol. The fraction of sp³-hybridized carbons (Fsp3) is 0.316. The number of nitrogens with one attached hydrogen (secondary N) is 1. The number of amides is 1. The average molecular weight is 367 g/mol. The number of benzene rings is 2. The summed E-state index contributed by atoms with van der Waals surface area (Å²) in [6.45, 7) is 5.45. The summed E-state index contributed by atoms with van der Waals surface area (Å²) in [5, 5.41) is 2.59. The maximum Gasteiger partial charge on any atom is 0.229 e. The summed E-state index contributed by atoms with van der Waals surface area (Å²) in [5.74, 6) is -0.947. The van der Waals surface area contributed by atoms with Gasteiger partial charge in [-0.1, -0.05) is 37.3 Å². The highest BCUT2D eigenvalue weighted by Crippen LogP contribution is 2.24. The molecule has 2 aromatic carbocycles. The van der Waals surface area contributed by atoms with Gasteiger partial charge in [0.05, 0.1) is 17.7 Å². The molecule has 0 radical (unpaired) electrons. The highest BCUT2D eigenvalue weighted by molar-refractivity contribution is 5.93. The Hall–Kier alpha value is -2.11. The molecule has 25 heavy (non-hydrogen) atoms. The molecule has 0 saturated heterocycles. The lowest BCUT2D eigenvalue weighted by Gasteiger charge is -2.20. The predicted molar refractivity (Wildman–Crippen MR) is 101 cm³/mol. The van der Waals surface area contributed by atoms with Crippen molar-refractivity contribution >= 4 is 24.0 Å². The maximum absolute atomic E-state index is 14.1. The van der Waals surface area contributed by atoms with Crippen LogP contribution in [0.4, 0.5) is 10.1 Å². The van der Waals surface area contributed by atoms with Crippen LogP contribution in [0.5, 0.6) is 5.75 Å². The topological polar surface area (TPSA) is 64.3 Å². The molecule has 6 heteroatoms. The molecule has 0 aliphatic carbocycles. The SMILES string of the molecule is CC(C)Oc1ccc(NC(=O)C(C)C(N)c2ccccc2)c(F)c1.Cl. The van der Waals surface area contributed by atoms with Crippen molar-refractivity contribution in [3.05, 3.63) is 59.9 Å². The minimum atomic E-state index is -0.540. The standard InChI is InChI=1S/C19H23FN2O2.ClH/c1-12(2)24-15-9-10-17(16(20)11-15)22-19(23)13(3)18(21)14-7-5-4-6-8-14;/h4-13,18H,21H2,1-3H3,(H,22,23);1H. The highest BCUT2D eigenvalue weighted by atomic mass is 35.5. The van der Waals surface area contributed by atoms with Gasteiger partial charge in [0.25, 0.3) is 0 Å². The normalized spacial score (nSPS) is 12.9. The summed E-state index contributed by atoms with van der Waals surface area (Å²) in [6.07, 6.45) is -0.0475. The Bertz CT molecular complexity index is 695. The lowest BCUT2D eigenvalue weighted by atomic mass is 9.94. The van der Waals surface area contributed by atoms with Gasteiger partial charge in [0, 0.05) is 12.1 Å². The molecule has 2 atom stereocenters. The molecule has 3 N–H and O–H groups in total. The van der Waals surface area contributed by atoms with Gasteiger partial charge in [0.2, 0.25) is 5.91 Å². The van der Waals surface area contributed by atoms with Gasteiger partial charge in [-0.05, 0) is 31.5 Å². The first-order chi connectivity index (χ1) is 11.4. The van der Waals surface area contributed by atoms with Crippen molar-refractivity contribution in [2.75, 3.05) is 5.32 Å². The first-order valence-electron chi connectivity index (χ1n) is 7.96. The second-order valence-corrected chi connectivity index (χ2v) is 6.02. The molecule has 2 rings (SSSR count). The van der Waals surface area contributed by atoms with E-state index in [4.69, 9.17) is 10.5 Å². The smallest absolute Gasteiger partial charge is 0.229 e. The van der Waals surface area contributed by atoms with Gasteiger partial charge < -0.3 is 15.8 Å². The van der Waals surface area contributed by atoms with Crippen LogP contribution in [0, 0.1) is 11.7 Å². The zero-order chi connectivity index (χ0) is 17.7. The maximum atomic E-state index is 14.1. The van der Waals surface area contributed by atoms with Gasteiger partial charge in [-0.15, -0.1) is 12.4 Å². The second kappa shape index (κ2) is 9.39. The van der Waals surface area contributed by atoms with E-state index >= 15 is 0 Å². The largest absolute Gasteiger partial charge is 0.491 e. The molecule has 136 valence electrons. The van der Waals surface area contributed by atoms with Crippen LogP contribution in [0.25, 0.3) is 0 Å². The van der Waals surface area contributed by atoms with Crippen LogP contribution in [0.3, 0.4) is 0 Å². The van der Waals surface area contributed by atoms with Crippen molar-refractivity contribution in [2.45, 2.75) is 32.9 Å². The van der Waals surface area contributed by atoms with E-state index in [1.54, 1.807) is 13.0 Å². The summed E-state index contributed by atoms with van der Waals surface area (Å²) in [5.41, 5.74) is 7.11. The van der Waals surface area contributed by atoms with Crippen molar-refractivity contribution in [1.82, 2.24) is 0 Å². The van der Waals surface area contributed by atoms with Crippen molar-refractivity contribution in [2.24, 2.45) is 11.7 Å². The van der Waals surface area contributed by atoms with Crippen molar-refractivity contribution in [3.8, 4) is 5.75 Å². The second-order valence-electron chi connectivity index (χ2n) is 6.02. The highest BCUT2D eigenvalue weighted by Gasteiger charge is 2.23. The molecule has 2 aromatic rings. The quantitative estimate of drug-likeness (QED) is 0.800. The van der Waals surface area contributed by atoms with E-state index in [0.717, 1.165) is 5.56 Å². The first kappa shape index (κ1) is 20.9. The molecule has 0 spiro atoms. The van der Waals surface area contributed by atoms with Crippen molar-refractivity contribution in [3.63, 3.8) is 0 Å². The number of nitrogens with two attached hydrogens (primary N) is 1. The van der Waals surface area contributed by atoms with Gasteiger partial charge in [-0.25, -0.2) is 4.39 Å². The molecular formula is C19H24ClFN2O2. The lowest BCUT2D eigenvalue weighted by Crippen LogP contribution is -2.30. The molecule has 0 fully saturated rings. The number of halogens is 2. The first-order valence-corrected chi connectivity index (χ1v) is 7.96. The Morgan fingerprint density at radius 1 is 1.12 bits per heavy atom. The van der Waals surface area contributed by atoms with Gasteiger partial charge >= 0.3 is 0 Å². The van der Waals surface area contributed by atoms with Crippen molar-refractivity contribution < 1.29 is 13.9 Å². The zero-order valence-corrected chi connectivity index (χ0v) is 15.3. The van der Waals surface area contributed by atoms with Crippen LogP contribution >= 0.6 is 12.4 Å². The van der Waals surface area contributed by atoms with E-state index in [2.05, 4.69) is 5.32 Å². The Kier molecular flexibility index (Phi) is 7.87. The van der Waals surface area contributed by atoms with Crippen LogP contribution < -0.4 is 15.8 Å². The van der Waals surface area contributed by atoms with E-state index in [1.165, 1.54) is 12.1 Å². The van der Waals surface area contributed by atoms with Gasteiger partial charge in [0.1, 0.15) is 11.6 Å². The third-order valence-electron chi connectivity index (χ3n) is 3.71. The van der Waals surface area contributed by atoms with Gasteiger partial charge in [-0.2, -0.15) is 0 Å². The third kappa shape index (κ3) is 5.73. The third-order valence-corrected chi connectivity index (χ3v) is 3.71. The van der Waals surface area contributed by atoms with E-state index < -0.39 is 17.8 Å². The zero-order valence-electron chi connectivity index (χ0n) is 14.5. The number of carbonyl (C=O) groups is 1. The molecule has 4 nitrogen and oxygen atoms in total. The fourth-order valence-electron chi connectivity index (χ4n) is 2.32. The molecule has 0 aromatic heterocycles. The minimum absolute atomic E-state index is 0. The Labute approximate surface area is 154 Å². The molecule has 2 unspecified atom stereocenters. The van der Waals surface area contributed by atoms with E-state index in [0.29, 0.717) is 5.75 Å². The predicted octanol–water partition coefficient (Wildman–Crippen LogP) is 4.31. The van der Waals surface area contributed by atoms with E-state index in [9.17, 15) is 9.18 Å². The average Bonchev–Trinajstić information content (AvgIpc) is 2.56. The number of hydrogen-bond donors (Lipinski definition) is 2. The molecule has 0 aliphatic heterocycles. The molecule has 0 bridgehead atoms.